The molecule has 0 saturated carbocycles. The summed E-state index contributed by atoms with van der Waals surface area (Å²) in [5, 5.41) is 19.5. The van der Waals surface area contributed by atoms with Crippen molar-refractivity contribution in [2.75, 3.05) is 19.6 Å². The van der Waals surface area contributed by atoms with Gasteiger partial charge < -0.3 is 15.1 Å². The molecule has 0 aromatic heterocycles. The van der Waals surface area contributed by atoms with Gasteiger partial charge in [0.1, 0.15) is 0 Å². The van der Waals surface area contributed by atoms with Gasteiger partial charge in [0.25, 0.3) is 0 Å². The van der Waals surface area contributed by atoms with E-state index in [1.165, 1.54) is 0 Å². The maximum absolute atomic E-state index is 10.6. The van der Waals surface area contributed by atoms with Crippen molar-refractivity contribution in [2.24, 2.45) is 0 Å². The first-order valence-electron chi connectivity index (χ1n) is 6.90. The summed E-state index contributed by atoms with van der Waals surface area (Å²) in [5.41, 5.74) is 0.837. The predicted molar refractivity (Wildman–Crippen MR) is 80.0 cm³/mol. The molecular weight excluding hydrogens is 278 g/mol. The number of nitrogens with zero attached hydrogens (tertiary/aromatic N) is 1. The fourth-order valence-corrected chi connectivity index (χ4v) is 2.19. The van der Waals surface area contributed by atoms with Crippen LogP contribution >= 0.6 is 11.6 Å². The fraction of sp³-hybridized carbons (Fsp3) is 0.533. The fourth-order valence-electron chi connectivity index (χ4n) is 2.06. The van der Waals surface area contributed by atoms with E-state index in [-0.39, 0.29) is 6.42 Å². The Balaban J connectivity index is 2.44. The van der Waals surface area contributed by atoms with Crippen LogP contribution in [0.5, 0.6) is 0 Å². The lowest BCUT2D eigenvalue weighted by Gasteiger charge is -2.22. The molecule has 0 fully saturated rings. The molecule has 0 aliphatic heterocycles. The summed E-state index contributed by atoms with van der Waals surface area (Å²) in [7, 11) is 0. The number of rotatable bonds is 9. The summed E-state index contributed by atoms with van der Waals surface area (Å²) in [6, 6.07) is 7.14. The Bertz CT molecular complexity index is 408. The van der Waals surface area contributed by atoms with Gasteiger partial charge in [0.05, 0.1) is 12.5 Å². The van der Waals surface area contributed by atoms with Crippen molar-refractivity contribution in [1.29, 1.82) is 0 Å². The van der Waals surface area contributed by atoms with E-state index in [0.717, 1.165) is 18.5 Å². The van der Waals surface area contributed by atoms with Crippen LogP contribution in [0.25, 0.3) is 0 Å². The third-order valence-electron chi connectivity index (χ3n) is 3.16. The number of aliphatic carboxylic acids is 1. The lowest BCUT2D eigenvalue weighted by atomic mass is 10.1. The summed E-state index contributed by atoms with van der Waals surface area (Å²) >= 11 is 5.81. The molecule has 0 heterocycles. The lowest BCUT2D eigenvalue weighted by molar-refractivity contribution is -0.137. The number of hydrogen-bond acceptors (Lipinski definition) is 3. The van der Waals surface area contributed by atoms with Crippen molar-refractivity contribution in [1.82, 2.24) is 4.90 Å². The van der Waals surface area contributed by atoms with E-state index < -0.39 is 12.1 Å². The predicted octanol–water partition coefficient (Wildman–Crippen LogP) is 2.95. The highest BCUT2D eigenvalue weighted by Gasteiger charge is 2.11. The average molecular weight is 300 g/mol. The van der Waals surface area contributed by atoms with Crippen LogP contribution in [0.15, 0.2) is 24.3 Å². The number of hydrogen-bond donors (Lipinski definition) is 2. The molecule has 20 heavy (non-hydrogen) atoms. The smallest absolute Gasteiger partial charge is 0.304 e. The molecule has 1 unspecified atom stereocenters. The minimum absolute atomic E-state index is 0.136. The van der Waals surface area contributed by atoms with Gasteiger partial charge >= 0.3 is 5.97 Å². The highest BCUT2D eigenvalue weighted by atomic mass is 35.5. The van der Waals surface area contributed by atoms with E-state index in [0.29, 0.717) is 24.5 Å². The van der Waals surface area contributed by atoms with Gasteiger partial charge in [0.15, 0.2) is 0 Å². The van der Waals surface area contributed by atoms with E-state index in [9.17, 15) is 9.90 Å². The topological polar surface area (TPSA) is 60.8 Å². The summed E-state index contributed by atoms with van der Waals surface area (Å²) in [6.07, 6.45) is 1.14. The summed E-state index contributed by atoms with van der Waals surface area (Å²) in [6.45, 7) is 4.12. The Labute approximate surface area is 125 Å². The largest absolute Gasteiger partial charge is 0.481 e. The van der Waals surface area contributed by atoms with Crippen LogP contribution in [0, 0.1) is 0 Å². The minimum Gasteiger partial charge on any atom is -0.481 e. The Morgan fingerprint density at radius 2 is 1.90 bits per heavy atom. The first-order chi connectivity index (χ1) is 9.52. The zero-order valence-corrected chi connectivity index (χ0v) is 12.5. The van der Waals surface area contributed by atoms with Crippen LogP contribution in [0.1, 0.15) is 37.9 Å². The van der Waals surface area contributed by atoms with E-state index in [4.69, 9.17) is 16.7 Å². The maximum atomic E-state index is 10.6. The van der Waals surface area contributed by atoms with Gasteiger partial charge in [0.2, 0.25) is 0 Å². The second kappa shape index (κ2) is 8.95. The Kier molecular flexibility index (Phi) is 7.59. The monoisotopic (exact) mass is 299 g/mol. The van der Waals surface area contributed by atoms with Gasteiger partial charge in [-0.2, -0.15) is 0 Å². The summed E-state index contributed by atoms with van der Waals surface area (Å²) in [5.74, 6) is -0.788. The molecule has 0 aliphatic rings. The lowest BCUT2D eigenvalue weighted by Crippen LogP contribution is -2.29. The third-order valence-corrected chi connectivity index (χ3v) is 3.41. The standard InChI is InChI=1S/C15H22ClNO3/c1-2-9-17(11-8-15(19)20)10-7-14(18)12-3-5-13(16)6-4-12/h3-6,14,18H,2,7-11H2,1H3,(H,19,20). The first-order valence-corrected chi connectivity index (χ1v) is 7.28. The van der Waals surface area contributed by atoms with Gasteiger partial charge in [-0.15, -0.1) is 0 Å². The van der Waals surface area contributed by atoms with E-state index in [2.05, 4.69) is 11.8 Å². The number of aliphatic hydroxyl groups is 1. The number of carboxylic acids is 1. The molecule has 1 rings (SSSR count). The molecular formula is C15H22ClNO3. The molecule has 1 aromatic carbocycles. The van der Waals surface area contributed by atoms with Crippen molar-refractivity contribution in [3.63, 3.8) is 0 Å². The van der Waals surface area contributed by atoms with Crippen LogP contribution in [-0.4, -0.2) is 40.7 Å². The second-order valence-electron chi connectivity index (χ2n) is 4.84. The molecule has 0 saturated heterocycles. The molecule has 0 aliphatic carbocycles. The van der Waals surface area contributed by atoms with Crippen LogP contribution in [0.3, 0.4) is 0 Å². The molecule has 1 aromatic rings. The molecule has 1 atom stereocenters. The zero-order chi connectivity index (χ0) is 15.0. The second-order valence-corrected chi connectivity index (χ2v) is 5.28. The Morgan fingerprint density at radius 1 is 1.25 bits per heavy atom. The van der Waals surface area contributed by atoms with Gasteiger partial charge in [-0.05, 0) is 37.1 Å². The van der Waals surface area contributed by atoms with E-state index in [1.807, 2.05) is 12.1 Å². The van der Waals surface area contributed by atoms with Crippen LogP contribution in [-0.2, 0) is 4.79 Å². The zero-order valence-electron chi connectivity index (χ0n) is 11.8. The molecule has 2 N–H and O–H groups in total. The van der Waals surface area contributed by atoms with Crippen molar-refractivity contribution in [2.45, 2.75) is 32.3 Å². The van der Waals surface area contributed by atoms with E-state index >= 15 is 0 Å². The first kappa shape index (κ1) is 17.0. The Morgan fingerprint density at radius 3 is 2.45 bits per heavy atom. The van der Waals surface area contributed by atoms with Gasteiger partial charge in [-0.25, -0.2) is 0 Å². The van der Waals surface area contributed by atoms with Crippen molar-refractivity contribution in [3.8, 4) is 0 Å². The number of benzene rings is 1. The molecule has 0 amide bonds. The van der Waals surface area contributed by atoms with Gasteiger partial charge in [0, 0.05) is 18.1 Å². The number of halogens is 1. The highest BCUT2D eigenvalue weighted by Crippen LogP contribution is 2.19. The average Bonchev–Trinajstić information content (AvgIpc) is 2.42. The molecule has 0 radical (unpaired) electrons. The van der Waals surface area contributed by atoms with Crippen molar-refractivity contribution >= 4 is 17.6 Å². The van der Waals surface area contributed by atoms with Crippen LogP contribution in [0.4, 0.5) is 0 Å². The summed E-state index contributed by atoms with van der Waals surface area (Å²) in [4.78, 5) is 12.7. The molecule has 0 bridgehead atoms. The van der Waals surface area contributed by atoms with Crippen molar-refractivity contribution < 1.29 is 15.0 Å². The van der Waals surface area contributed by atoms with Crippen LogP contribution in [0.2, 0.25) is 5.02 Å². The van der Waals surface area contributed by atoms with Gasteiger partial charge in [-0.1, -0.05) is 30.7 Å². The number of carboxylic acid groups (broad SMARTS) is 1. The Hall–Kier alpha value is -1.10. The number of carbonyl (C=O) groups is 1. The maximum Gasteiger partial charge on any atom is 0.304 e. The highest BCUT2D eigenvalue weighted by molar-refractivity contribution is 6.30. The third kappa shape index (κ3) is 6.37. The molecule has 0 spiro atoms. The SMILES string of the molecule is CCCN(CCC(=O)O)CCC(O)c1ccc(Cl)cc1. The van der Waals surface area contributed by atoms with E-state index in [1.54, 1.807) is 12.1 Å². The number of aliphatic hydroxyl groups excluding tert-OH is 1. The van der Waals surface area contributed by atoms with Gasteiger partial charge in [-0.3, -0.25) is 4.79 Å². The molecule has 5 heteroatoms. The quantitative estimate of drug-likeness (QED) is 0.736. The normalized spacial score (nSPS) is 12.6. The van der Waals surface area contributed by atoms with Crippen LogP contribution < -0.4 is 0 Å². The minimum atomic E-state index is -0.788. The molecule has 4 nitrogen and oxygen atoms in total. The summed E-state index contributed by atoms with van der Waals surface area (Å²) < 4.78 is 0. The molecule has 112 valence electrons. The van der Waals surface area contributed by atoms with Crippen molar-refractivity contribution in [3.05, 3.63) is 34.9 Å².